The Morgan fingerprint density at radius 2 is 2.08 bits per heavy atom. The Bertz CT molecular complexity index is 904. The van der Waals surface area contributed by atoms with E-state index in [1.165, 1.54) is 9.75 Å². The van der Waals surface area contributed by atoms with Gasteiger partial charge in [-0.05, 0) is 31.4 Å². The fraction of sp³-hybridized carbons (Fsp3) is 0.412. The smallest absolute Gasteiger partial charge is 0.158 e. The van der Waals surface area contributed by atoms with Crippen LogP contribution in [0.25, 0.3) is 10.2 Å². The first-order chi connectivity index (χ1) is 11.9. The fourth-order valence-electron chi connectivity index (χ4n) is 2.33. The zero-order chi connectivity index (χ0) is 18.0. The number of anilines is 1. The van der Waals surface area contributed by atoms with Gasteiger partial charge in [0.25, 0.3) is 0 Å². The normalized spacial score (nSPS) is 12.4. The fourth-order valence-corrected chi connectivity index (χ4v) is 4.34. The van der Waals surface area contributed by atoms with Gasteiger partial charge in [0.2, 0.25) is 0 Å². The van der Waals surface area contributed by atoms with Crippen LogP contribution in [0.1, 0.15) is 41.2 Å². The zero-order valence-electron chi connectivity index (χ0n) is 14.8. The molecule has 0 aliphatic heterocycles. The number of nitrogens with zero attached hydrogens (tertiary/aromatic N) is 4. The van der Waals surface area contributed by atoms with Crippen molar-refractivity contribution in [1.29, 1.82) is 0 Å². The van der Waals surface area contributed by atoms with E-state index >= 15 is 0 Å². The Kier molecular flexibility index (Phi) is 5.12. The van der Waals surface area contributed by atoms with Crippen LogP contribution in [-0.4, -0.2) is 27.7 Å². The van der Waals surface area contributed by atoms with Crippen molar-refractivity contribution >= 4 is 44.9 Å². The Labute approximate surface area is 155 Å². The number of hydrazone groups is 1. The molecule has 0 saturated heterocycles. The lowest BCUT2D eigenvalue weighted by molar-refractivity contribution is 0.604. The van der Waals surface area contributed by atoms with Gasteiger partial charge >= 0.3 is 0 Å². The van der Waals surface area contributed by atoms with Gasteiger partial charge in [-0.25, -0.2) is 15.0 Å². The highest BCUT2D eigenvalue weighted by Gasteiger charge is 2.18. The van der Waals surface area contributed by atoms with Gasteiger partial charge in [-0.1, -0.05) is 20.8 Å². The summed E-state index contributed by atoms with van der Waals surface area (Å²) in [5.74, 6) is 0.712. The van der Waals surface area contributed by atoms with Crippen LogP contribution in [0.4, 0.5) is 5.82 Å². The van der Waals surface area contributed by atoms with E-state index in [-0.39, 0.29) is 5.41 Å². The highest BCUT2D eigenvalue weighted by Crippen LogP contribution is 2.35. The standard InChI is InChI=1S/C17H22N6S2/c1-10-12(5-6-18)24-14(22-10)8-21-23-15-11-7-13(17(2,3)4)25-16(11)20-9-19-15/h7-9H,5-6,18H2,1-4H3,(H,19,20,23). The maximum absolute atomic E-state index is 5.62. The lowest BCUT2D eigenvalue weighted by atomic mass is 9.94. The predicted molar refractivity (Wildman–Crippen MR) is 107 cm³/mol. The van der Waals surface area contributed by atoms with E-state index in [1.807, 2.05) is 6.92 Å². The van der Waals surface area contributed by atoms with Crippen molar-refractivity contribution in [2.45, 2.75) is 39.5 Å². The second kappa shape index (κ2) is 7.15. The summed E-state index contributed by atoms with van der Waals surface area (Å²) in [4.78, 5) is 16.6. The molecular formula is C17H22N6S2. The highest BCUT2D eigenvalue weighted by atomic mass is 32.1. The maximum Gasteiger partial charge on any atom is 0.158 e. The number of hydrogen-bond acceptors (Lipinski definition) is 8. The second-order valence-electron chi connectivity index (χ2n) is 6.77. The molecule has 25 heavy (non-hydrogen) atoms. The maximum atomic E-state index is 5.62. The van der Waals surface area contributed by atoms with Gasteiger partial charge in [0, 0.05) is 9.75 Å². The molecule has 3 aromatic heterocycles. The van der Waals surface area contributed by atoms with Gasteiger partial charge in [-0.3, -0.25) is 5.43 Å². The first-order valence-corrected chi connectivity index (χ1v) is 9.72. The molecule has 3 aromatic rings. The molecule has 132 valence electrons. The van der Waals surface area contributed by atoms with Gasteiger partial charge in [0.1, 0.15) is 16.2 Å². The molecule has 3 rings (SSSR count). The topological polar surface area (TPSA) is 89.1 Å². The third-order valence-electron chi connectivity index (χ3n) is 3.69. The van der Waals surface area contributed by atoms with E-state index in [4.69, 9.17) is 5.73 Å². The number of thiazole rings is 1. The molecule has 0 saturated carbocycles. The molecular weight excluding hydrogens is 352 g/mol. The Morgan fingerprint density at radius 3 is 2.80 bits per heavy atom. The average molecular weight is 375 g/mol. The van der Waals surface area contributed by atoms with Crippen molar-refractivity contribution in [3.63, 3.8) is 0 Å². The minimum atomic E-state index is 0.0870. The van der Waals surface area contributed by atoms with E-state index in [9.17, 15) is 0 Å². The number of aryl methyl sites for hydroxylation is 1. The van der Waals surface area contributed by atoms with Crippen LogP contribution >= 0.6 is 22.7 Å². The molecule has 6 nitrogen and oxygen atoms in total. The molecule has 0 aliphatic rings. The predicted octanol–water partition coefficient (Wildman–Crippen LogP) is 3.70. The number of nitrogens with one attached hydrogen (secondary N) is 1. The summed E-state index contributed by atoms with van der Waals surface area (Å²) in [6.07, 6.45) is 4.14. The summed E-state index contributed by atoms with van der Waals surface area (Å²) >= 11 is 3.31. The number of thiophene rings is 1. The molecule has 0 unspecified atom stereocenters. The minimum absolute atomic E-state index is 0.0870. The lowest BCUT2D eigenvalue weighted by Crippen LogP contribution is -2.07. The minimum Gasteiger partial charge on any atom is -0.330 e. The summed E-state index contributed by atoms with van der Waals surface area (Å²) < 4.78 is 0. The van der Waals surface area contributed by atoms with E-state index in [0.717, 1.165) is 27.3 Å². The largest absolute Gasteiger partial charge is 0.330 e. The van der Waals surface area contributed by atoms with Gasteiger partial charge < -0.3 is 5.73 Å². The van der Waals surface area contributed by atoms with Crippen molar-refractivity contribution in [3.05, 3.63) is 32.8 Å². The van der Waals surface area contributed by atoms with E-state index in [1.54, 1.807) is 35.2 Å². The molecule has 3 N–H and O–H groups in total. The van der Waals surface area contributed by atoms with Gasteiger partial charge in [-0.15, -0.1) is 22.7 Å². The number of rotatable bonds is 5. The van der Waals surface area contributed by atoms with Crippen LogP contribution in [0.2, 0.25) is 0 Å². The highest BCUT2D eigenvalue weighted by molar-refractivity contribution is 7.18. The number of fused-ring (bicyclic) bond motifs is 1. The summed E-state index contributed by atoms with van der Waals surface area (Å²) in [7, 11) is 0. The molecule has 0 atom stereocenters. The van der Waals surface area contributed by atoms with Crippen LogP contribution in [0.5, 0.6) is 0 Å². The number of hydrogen-bond donors (Lipinski definition) is 2. The van der Waals surface area contributed by atoms with Gasteiger partial charge in [0.15, 0.2) is 5.82 Å². The lowest BCUT2D eigenvalue weighted by Gasteiger charge is -2.14. The van der Waals surface area contributed by atoms with Crippen LogP contribution < -0.4 is 11.2 Å². The Morgan fingerprint density at radius 1 is 1.28 bits per heavy atom. The molecule has 0 radical (unpaired) electrons. The van der Waals surface area contributed by atoms with Crippen LogP contribution in [0.3, 0.4) is 0 Å². The molecule has 0 aliphatic carbocycles. The van der Waals surface area contributed by atoms with E-state index in [2.05, 4.69) is 52.3 Å². The van der Waals surface area contributed by atoms with E-state index in [0.29, 0.717) is 12.4 Å². The summed E-state index contributed by atoms with van der Waals surface area (Å²) in [5, 5.41) is 6.16. The average Bonchev–Trinajstić information content (AvgIpc) is 3.12. The first-order valence-electron chi connectivity index (χ1n) is 8.09. The van der Waals surface area contributed by atoms with Crippen LogP contribution in [0, 0.1) is 6.92 Å². The van der Waals surface area contributed by atoms with Crippen LogP contribution in [0.15, 0.2) is 17.5 Å². The molecule has 0 fully saturated rings. The third-order valence-corrected chi connectivity index (χ3v) is 6.32. The monoisotopic (exact) mass is 374 g/mol. The van der Waals surface area contributed by atoms with Crippen molar-refractivity contribution in [1.82, 2.24) is 15.0 Å². The quantitative estimate of drug-likeness (QED) is 0.525. The molecule has 0 aromatic carbocycles. The second-order valence-corrected chi connectivity index (χ2v) is 8.92. The summed E-state index contributed by atoms with van der Waals surface area (Å²) in [6.45, 7) is 9.21. The third kappa shape index (κ3) is 4.02. The Balaban J connectivity index is 1.81. The molecule has 0 bridgehead atoms. The summed E-state index contributed by atoms with van der Waals surface area (Å²) in [6, 6.07) is 2.14. The SMILES string of the molecule is Cc1nc(C=NNc2ncnc3sc(C(C)(C)C)cc23)sc1CCN. The van der Waals surface area contributed by atoms with Crippen molar-refractivity contribution in [3.8, 4) is 0 Å². The number of aromatic nitrogens is 3. The number of nitrogens with two attached hydrogens (primary N) is 1. The molecule has 0 amide bonds. The first kappa shape index (κ1) is 17.9. The van der Waals surface area contributed by atoms with Crippen molar-refractivity contribution < 1.29 is 0 Å². The van der Waals surface area contributed by atoms with Crippen molar-refractivity contribution in [2.24, 2.45) is 10.8 Å². The van der Waals surface area contributed by atoms with Gasteiger partial charge in [0.05, 0.1) is 17.3 Å². The molecule has 3 heterocycles. The Hall–Kier alpha value is -1.90. The van der Waals surface area contributed by atoms with Gasteiger partial charge in [-0.2, -0.15) is 5.10 Å². The van der Waals surface area contributed by atoms with Crippen molar-refractivity contribution in [2.75, 3.05) is 12.0 Å². The molecule has 8 heteroatoms. The molecule has 0 spiro atoms. The zero-order valence-corrected chi connectivity index (χ0v) is 16.5. The van der Waals surface area contributed by atoms with Crippen LogP contribution in [-0.2, 0) is 11.8 Å². The van der Waals surface area contributed by atoms with E-state index < -0.39 is 0 Å². The summed E-state index contributed by atoms with van der Waals surface area (Å²) in [5.41, 5.74) is 9.76.